The van der Waals surface area contributed by atoms with Gasteiger partial charge in [-0.2, -0.15) is 9.40 Å². The Labute approximate surface area is 179 Å². The molecule has 1 aliphatic rings. The Morgan fingerprint density at radius 2 is 2.00 bits per heavy atom. The number of nitrogens with one attached hydrogen (secondary N) is 1. The molecule has 1 amide bonds. The summed E-state index contributed by atoms with van der Waals surface area (Å²) in [5, 5.41) is 7.01. The molecule has 1 fully saturated rings. The second kappa shape index (κ2) is 8.23. The largest absolute Gasteiger partial charge is 0.325 e. The normalized spacial score (nSPS) is 17.7. The second-order valence-electron chi connectivity index (χ2n) is 7.87. The minimum Gasteiger partial charge on any atom is -0.325 e. The quantitative estimate of drug-likeness (QED) is 0.631. The highest BCUT2D eigenvalue weighted by molar-refractivity contribution is 7.89. The third-order valence-corrected chi connectivity index (χ3v) is 7.31. The summed E-state index contributed by atoms with van der Waals surface area (Å²) in [6.45, 7) is 2.87. The van der Waals surface area contributed by atoms with Crippen LogP contribution < -0.4 is 10.9 Å². The van der Waals surface area contributed by atoms with Gasteiger partial charge in [-0.05, 0) is 43.0 Å². The van der Waals surface area contributed by atoms with Gasteiger partial charge < -0.3 is 5.32 Å². The first-order chi connectivity index (χ1) is 14.8. The molecule has 2 aromatic heterocycles. The Hall–Kier alpha value is -3.05. The van der Waals surface area contributed by atoms with E-state index in [4.69, 9.17) is 0 Å². The highest BCUT2D eigenvalue weighted by Crippen LogP contribution is 2.24. The molecule has 164 valence electrons. The number of carbonyl (C=O) groups is 1. The van der Waals surface area contributed by atoms with E-state index >= 15 is 0 Å². The van der Waals surface area contributed by atoms with Crippen LogP contribution in [-0.2, 0) is 28.4 Å². The zero-order valence-corrected chi connectivity index (χ0v) is 18.2. The number of sulfonamides is 1. The van der Waals surface area contributed by atoms with Crippen LogP contribution in [0.5, 0.6) is 0 Å². The summed E-state index contributed by atoms with van der Waals surface area (Å²) >= 11 is 0. The van der Waals surface area contributed by atoms with Crippen LogP contribution in [0.1, 0.15) is 19.8 Å². The third kappa shape index (κ3) is 4.23. The average Bonchev–Trinajstić information content (AvgIpc) is 3.12. The van der Waals surface area contributed by atoms with Gasteiger partial charge in [-0.1, -0.05) is 6.92 Å². The molecule has 1 unspecified atom stereocenters. The number of carbonyl (C=O) groups excluding carboxylic acids is 1. The van der Waals surface area contributed by atoms with E-state index in [2.05, 4.69) is 15.4 Å². The van der Waals surface area contributed by atoms with Crippen LogP contribution in [-0.4, -0.2) is 51.1 Å². The number of rotatable bonds is 5. The molecule has 11 heteroatoms. The number of benzene rings is 1. The van der Waals surface area contributed by atoms with Gasteiger partial charge in [0, 0.05) is 25.8 Å². The number of hydrogen-bond donors (Lipinski definition) is 1. The van der Waals surface area contributed by atoms with Crippen molar-refractivity contribution in [2.75, 3.05) is 18.4 Å². The van der Waals surface area contributed by atoms with E-state index in [0.717, 1.165) is 12.8 Å². The van der Waals surface area contributed by atoms with Crippen LogP contribution in [0.25, 0.3) is 11.0 Å². The predicted octanol–water partition coefficient (Wildman–Crippen LogP) is 1.19. The molecule has 0 saturated carbocycles. The molecule has 31 heavy (non-hydrogen) atoms. The van der Waals surface area contributed by atoms with Crippen molar-refractivity contribution in [1.29, 1.82) is 0 Å². The molecule has 0 spiro atoms. The molecule has 3 aromatic rings. The van der Waals surface area contributed by atoms with Crippen molar-refractivity contribution >= 4 is 32.7 Å². The fourth-order valence-electron chi connectivity index (χ4n) is 3.76. The first-order valence-electron chi connectivity index (χ1n) is 10.0. The van der Waals surface area contributed by atoms with E-state index < -0.39 is 15.9 Å². The van der Waals surface area contributed by atoms with Crippen LogP contribution in [0.15, 0.2) is 46.5 Å². The van der Waals surface area contributed by atoms with E-state index in [1.807, 2.05) is 6.92 Å². The molecule has 3 heterocycles. The van der Waals surface area contributed by atoms with Gasteiger partial charge in [0.1, 0.15) is 18.3 Å². The number of nitrogens with zero attached hydrogens (tertiary/aromatic N) is 5. The van der Waals surface area contributed by atoms with E-state index in [1.54, 1.807) is 19.2 Å². The summed E-state index contributed by atoms with van der Waals surface area (Å²) in [5.74, 6) is -0.0847. The maximum Gasteiger partial charge on any atom is 0.264 e. The fraction of sp³-hybridized carbons (Fsp3) is 0.400. The van der Waals surface area contributed by atoms with Crippen molar-refractivity contribution in [3.63, 3.8) is 0 Å². The molecule has 4 rings (SSSR count). The molecule has 10 nitrogen and oxygen atoms in total. The smallest absolute Gasteiger partial charge is 0.264 e. The lowest BCUT2D eigenvalue weighted by molar-refractivity contribution is -0.116. The Kier molecular flexibility index (Phi) is 5.63. The molecular weight excluding hydrogens is 420 g/mol. The number of piperidine rings is 1. The minimum atomic E-state index is -3.55. The Morgan fingerprint density at radius 1 is 1.26 bits per heavy atom. The molecular formula is C20H24N6O4S. The molecule has 1 atom stereocenters. The zero-order chi connectivity index (χ0) is 22.2. The number of aryl methyl sites for hydroxylation is 1. The lowest BCUT2D eigenvalue weighted by Crippen LogP contribution is -2.39. The summed E-state index contributed by atoms with van der Waals surface area (Å²) in [6.07, 6.45) is 4.61. The molecule has 0 radical (unpaired) electrons. The van der Waals surface area contributed by atoms with E-state index in [-0.39, 0.29) is 17.0 Å². The van der Waals surface area contributed by atoms with Crippen molar-refractivity contribution in [2.45, 2.75) is 31.2 Å². The fourth-order valence-corrected chi connectivity index (χ4v) is 5.36. The van der Waals surface area contributed by atoms with E-state index in [0.29, 0.717) is 35.7 Å². The summed E-state index contributed by atoms with van der Waals surface area (Å²) in [5.41, 5.74) is 0.534. The van der Waals surface area contributed by atoms with Crippen LogP contribution in [0.4, 0.5) is 5.69 Å². The summed E-state index contributed by atoms with van der Waals surface area (Å²) in [6, 6.07) is 6.06. The third-order valence-electron chi connectivity index (χ3n) is 5.43. The van der Waals surface area contributed by atoms with Gasteiger partial charge >= 0.3 is 0 Å². The summed E-state index contributed by atoms with van der Waals surface area (Å²) in [4.78, 5) is 29.2. The average molecular weight is 445 g/mol. The van der Waals surface area contributed by atoms with Crippen molar-refractivity contribution < 1.29 is 13.2 Å². The monoisotopic (exact) mass is 444 g/mol. The lowest BCUT2D eigenvalue weighted by atomic mass is 10.0. The molecule has 0 aliphatic carbocycles. The maximum absolute atomic E-state index is 12.8. The standard InChI is InChI=1S/C20H24N6O4S/c1-14-4-3-9-26(11-14)31(29,30)16-7-5-15(6-8-16)23-18(27)12-25-13-21-19-17(20(25)28)10-22-24(19)2/h5-8,10,13-14H,3-4,9,11-12H2,1-2H3,(H,23,27). The minimum absolute atomic E-state index is 0.196. The summed E-state index contributed by atoms with van der Waals surface area (Å²) in [7, 11) is -1.87. The van der Waals surface area contributed by atoms with Crippen molar-refractivity contribution in [3.05, 3.63) is 47.1 Å². The highest BCUT2D eigenvalue weighted by Gasteiger charge is 2.28. The zero-order valence-electron chi connectivity index (χ0n) is 17.4. The van der Waals surface area contributed by atoms with Crippen LogP contribution >= 0.6 is 0 Å². The second-order valence-corrected chi connectivity index (χ2v) is 9.80. The van der Waals surface area contributed by atoms with E-state index in [1.165, 1.54) is 38.2 Å². The SMILES string of the molecule is CC1CCCN(S(=O)(=O)c2ccc(NC(=O)Cn3cnc4c(cnn4C)c3=O)cc2)C1. The Morgan fingerprint density at radius 3 is 2.71 bits per heavy atom. The van der Waals surface area contributed by atoms with E-state index in [9.17, 15) is 18.0 Å². The van der Waals surface area contributed by atoms with Crippen LogP contribution in [0.2, 0.25) is 0 Å². The molecule has 1 N–H and O–H groups in total. The molecule has 0 bridgehead atoms. The van der Waals surface area contributed by atoms with Gasteiger partial charge in [-0.25, -0.2) is 13.4 Å². The van der Waals surface area contributed by atoms with Gasteiger partial charge in [0.15, 0.2) is 5.65 Å². The van der Waals surface area contributed by atoms with Gasteiger partial charge in [-0.15, -0.1) is 0 Å². The highest BCUT2D eigenvalue weighted by atomic mass is 32.2. The van der Waals surface area contributed by atoms with Crippen LogP contribution in [0, 0.1) is 5.92 Å². The van der Waals surface area contributed by atoms with Crippen molar-refractivity contribution in [1.82, 2.24) is 23.6 Å². The molecule has 1 saturated heterocycles. The van der Waals surface area contributed by atoms with Crippen molar-refractivity contribution in [3.8, 4) is 0 Å². The summed E-state index contributed by atoms with van der Waals surface area (Å²) < 4.78 is 29.9. The number of fused-ring (bicyclic) bond motifs is 1. The maximum atomic E-state index is 12.8. The van der Waals surface area contributed by atoms with Gasteiger partial charge in [0.05, 0.1) is 11.1 Å². The predicted molar refractivity (Wildman–Crippen MR) is 115 cm³/mol. The van der Waals surface area contributed by atoms with Gasteiger partial charge in [0.25, 0.3) is 5.56 Å². The Bertz CT molecular complexity index is 1280. The lowest BCUT2D eigenvalue weighted by Gasteiger charge is -2.30. The molecule has 1 aliphatic heterocycles. The number of hydrogen-bond acceptors (Lipinski definition) is 6. The molecule has 1 aromatic carbocycles. The topological polar surface area (TPSA) is 119 Å². The van der Waals surface area contributed by atoms with Crippen LogP contribution in [0.3, 0.4) is 0 Å². The van der Waals surface area contributed by atoms with Gasteiger partial charge in [0.2, 0.25) is 15.9 Å². The first-order valence-corrected chi connectivity index (χ1v) is 11.5. The number of anilines is 1. The van der Waals surface area contributed by atoms with Gasteiger partial charge in [-0.3, -0.25) is 18.8 Å². The van der Waals surface area contributed by atoms with Crippen molar-refractivity contribution in [2.24, 2.45) is 13.0 Å². The Balaban J connectivity index is 1.45. The number of aromatic nitrogens is 4. The number of amides is 1. The first kappa shape index (κ1) is 21.2.